The van der Waals surface area contributed by atoms with Gasteiger partial charge in [0.15, 0.2) is 0 Å². The van der Waals surface area contributed by atoms with Gasteiger partial charge in [-0.3, -0.25) is 19.3 Å². The first-order valence-electron chi connectivity index (χ1n) is 15.1. The van der Waals surface area contributed by atoms with E-state index in [1.165, 1.54) is 0 Å². The molecule has 0 aliphatic carbocycles. The summed E-state index contributed by atoms with van der Waals surface area (Å²) in [4.78, 5) is 25.8. The second kappa shape index (κ2) is 14.7. The van der Waals surface area contributed by atoms with Crippen LogP contribution in [-0.4, -0.2) is 33.9 Å². The Morgan fingerprint density at radius 2 is 1.38 bits per heavy atom. The number of rotatable bonds is 8. The van der Waals surface area contributed by atoms with Gasteiger partial charge >= 0.3 is 6.03 Å². The third-order valence-corrected chi connectivity index (χ3v) is 9.20. The number of nitrogens with one attached hydrogen (secondary N) is 1. The lowest BCUT2D eigenvalue weighted by Gasteiger charge is -2.35. The quantitative estimate of drug-likeness (QED) is 0.169. The van der Waals surface area contributed by atoms with Crippen molar-refractivity contribution in [3.63, 3.8) is 0 Å². The molecule has 6 rings (SSSR count). The van der Waals surface area contributed by atoms with Crippen LogP contribution in [0.4, 0.5) is 21.9 Å². The second-order valence-electron chi connectivity index (χ2n) is 10.9. The summed E-state index contributed by atoms with van der Waals surface area (Å²) in [5.41, 5.74) is 10.0. The highest BCUT2D eigenvalue weighted by atomic mass is 32.2. The van der Waals surface area contributed by atoms with Crippen LogP contribution in [0.2, 0.25) is 0 Å². The van der Waals surface area contributed by atoms with E-state index in [1.807, 2.05) is 98.8 Å². The van der Waals surface area contributed by atoms with Crippen LogP contribution in [0.1, 0.15) is 17.5 Å². The fourth-order valence-electron chi connectivity index (χ4n) is 5.37. The van der Waals surface area contributed by atoms with Crippen LogP contribution in [0.3, 0.4) is 0 Å². The first-order chi connectivity index (χ1) is 22.7. The van der Waals surface area contributed by atoms with Gasteiger partial charge in [0.2, 0.25) is 6.41 Å². The topological polar surface area (TPSA) is 122 Å². The number of aryl methyl sites for hydroxylation is 1. The van der Waals surface area contributed by atoms with E-state index >= 15 is 0 Å². The zero-order valence-corrected chi connectivity index (χ0v) is 27.0. The summed E-state index contributed by atoms with van der Waals surface area (Å²) >= 11 is 0. The van der Waals surface area contributed by atoms with Crippen LogP contribution in [0.5, 0.6) is 11.5 Å². The molecule has 1 fully saturated rings. The van der Waals surface area contributed by atoms with Crippen molar-refractivity contribution >= 4 is 39.5 Å². The number of nitrogens with zero attached hydrogens (tertiary/aromatic N) is 2. The number of primary amides is 1. The van der Waals surface area contributed by atoms with E-state index in [0.29, 0.717) is 30.2 Å². The van der Waals surface area contributed by atoms with Crippen LogP contribution in [0.25, 0.3) is 11.1 Å². The fourth-order valence-corrected chi connectivity index (χ4v) is 6.46. The summed E-state index contributed by atoms with van der Waals surface area (Å²) in [5.74, 6) is 1.42. The number of carbonyl (C=O) groups excluding carboxylic acids is 2. The number of para-hydroxylation sites is 1. The summed E-state index contributed by atoms with van der Waals surface area (Å²) in [5, 5.41) is 0. The number of urea groups is 1. The number of ether oxygens (including phenoxy) is 1. The maximum atomic E-state index is 13.6. The van der Waals surface area contributed by atoms with Crippen LogP contribution in [-0.2, 0) is 14.8 Å². The van der Waals surface area contributed by atoms with Gasteiger partial charge in [-0.05, 0) is 109 Å². The third kappa shape index (κ3) is 7.79. The molecule has 1 heterocycles. The number of hydrogen-bond donors (Lipinski definition) is 2. The summed E-state index contributed by atoms with van der Waals surface area (Å²) in [7, 11) is -3.88. The third-order valence-electron chi connectivity index (χ3n) is 7.82. The number of hydrogen-bond acceptors (Lipinski definition) is 5. The average Bonchev–Trinajstić information content (AvgIpc) is 3.07. The lowest BCUT2D eigenvalue weighted by atomic mass is 9.97. The van der Waals surface area contributed by atoms with Crippen LogP contribution in [0, 0.1) is 13.8 Å². The molecule has 0 unspecified atom stereocenters. The Balaban J connectivity index is 0.00000139. The molecule has 5 aromatic carbocycles. The Bertz CT molecular complexity index is 1970. The van der Waals surface area contributed by atoms with E-state index in [2.05, 4.69) is 10.5 Å². The molecule has 9 nitrogen and oxygen atoms in total. The van der Waals surface area contributed by atoms with Gasteiger partial charge in [0.25, 0.3) is 10.0 Å². The van der Waals surface area contributed by atoms with Crippen LogP contribution in [0.15, 0.2) is 126 Å². The van der Waals surface area contributed by atoms with Gasteiger partial charge in [0.05, 0.1) is 10.6 Å². The van der Waals surface area contributed by atoms with Crippen molar-refractivity contribution in [3.8, 4) is 22.6 Å². The van der Waals surface area contributed by atoms with Crippen molar-refractivity contribution in [2.45, 2.75) is 25.2 Å². The Kier molecular flexibility index (Phi) is 10.2. The molecule has 10 heteroatoms. The van der Waals surface area contributed by atoms with Gasteiger partial charge in [-0.1, -0.05) is 54.6 Å². The van der Waals surface area contributed by atoms with Crippen molar-refractivity contribution in [2.75, 3.05) is 27.6 Å². The van der Waals surface area contributed by atoms with E-state index in [4.69, 9.17) is 9.53 Å². The SMILES string of the molecule is Cc1cccc(-c2cccc(S(=O)(=O)Nc3cccc(N4CCCN(c5ccc(Oc6ccccc6)cc5)C4=O)c3)c2)c1C.NC=O. The number of sulfonamides is 1. The van der Waals surface area contributed by atoms with E-state index in [1.54, 1.807) is 46.2 Å². The second-order valence-corrected chi connectivity index (χ2v) is 12.6. The number of nitrogens with two attached hydrogens (primary N) is 1. The predicted molar refractivity (Wildman–Crippen MR) is 187 cm³/mol. The molecule has 47 heavy (non-hydrogen) atoms. The first kappa shape index (κ1) is 32.8. The number of anilines is 3. The molecule has 0 saturated carbocycles. The molecule has 1 saturated heterocycles. The van der Waals surface area contributed by atoms with Gasteiger partial charge in [-0.2, -0.15) is 0 Å². The van der Waals surface area contributed by atoms with Crippen molar-refractivity contribution in [1.29, 1.82) is 0 Å². The molecule has 0 spiro atoms. The molecule has 240 valence electrons. The van der Waals surface area contributed by atoms with Crippen LogP contribution >= 0.6 is 0 Å². The molecular formula is C37H36N4O5S. The molecular weight excluding hydrogens is 612 g/mol. The minimum absolute atomic E-state index is 0.168. The summed E-state index contributed by atoms with van der Waals surface area (Å²) in [6, 6.07) is 36.7. The van der Waals surface area contributed by atoms with Gasteiger partial charge in [0, 0.05) is 24.5 Å². The Morgan fingerprint density at radius 3 is 2.11 bits per heavy atom. The van der Waals surface area contributed by atoms with Gasteiger partial charge < -0.3 is 10.5 Å². The molecule has 0 radical (unpaired) electrons. The average molecular weight is 649 g/mol. The molecule has 5 aromatic rings. The van der Waals surface area contributed by atoms with Crippen molar-refractivity contribution in [2.24, 2.45) is 5.73 Å². The minimum atomic E-state index is -3.88. The monoisotopic (exact) mass is 648 g/mol. The summed E-state index contributed by atoms with van der Waals surface area (Å²) in [6.07, 6.45) is 1.01. The van der Waals surface area contributed by atoms with E-state index < -0.39 is 10.0 Å². The van der Waals surface area contributed by atoms with Crippen molar-refractivity contribution < 1.29 is 22.7 Å². The zero-order chi connectivity index (χ0) is 33.4. The maximum absolute atomic E-state index is 13.6. The highest BCUT2D eigenvalue weighted by Crippen LogP contribution is 2.31. The Labute approximate surface area is 275 Å². The summed E-state index contributed by atoms with van der Waals surface area (Å²) in [6.45, 7) is 5.18. The van der Waals surface area contributed by atoms with Crippen molar-refractivity contribution in [3.05, 3.63) is 132 Å². The largest absolute Gasteiger partial charge is 0.457 e. The van der Waals surface area contributed by atoms with E-state index in [-0.39, 0.29) is 17.3 Å². The first-order valence-corrected chi connectivity index (χ1v) is 16.6. The highest BCUT2D eigenvalue weighted by Gasteiger charge is 2.28. The number of carbonyl (C=O) groups is 2. The number of amides is 3. The standard InChI is InChI=1S/C36H33N3O4S.CH3NO/c1-26-10-6-17-35(27(26)2)28-11-7-16-34(24-28)44(41,42)37-29-12-8-13-31(25-29)39-23-9-22-38(36(39)40)30-18-20-33(21-19-30)43-32-14-4-3-5-15-32;2-1-3/h3-8,10-21,24-25,37H,9,22-23H2,1-2H3;1H,(H2,2,3). The summed E-state index contributed by atoms with van der Waals surface area (Å²) < 4.78 is 35.5. The normalized spacial score (nSPS) is 12.9. The van der Waals surface area contributed by atoms with Gasteiger partial charge in [-0.25, -0.2) is 13.2 Å². The maximum Gasteiger partial charge on any atom is 0.328 e. The minimum Gasteiger partial charge on any atom is -0.457 e. The Hall–Kier alpha value is -5.61. The molecule has 1 aliphatic heterocycles. The lowest BCUT2D eigenvalue weighted by molar-refractivity contribution is -0.106. The molecule has 3 amide bonds. The zero-order valence-electron chi connectivity index (χ0n) is 26.2. The Morgan fingerprint density at radius 1 is 0.745 bits per heavy atom. The molecule has 0 bridgehead atoms. The number of benzene rings is 5. The molecule has 0 aromatic heterocycles. The predicted octanol–water partition coefficient (Wildman–Crippen LogP) is 7.50. The highest BCUT2D eigenvalue weighted by molar-refractivity contribution is 7.92. The van der Waals surface area contributed by atoms with Gasteiger partial charge in [-0.15, -0.1) is 0 Å². The molecule has 0 atom stereocenters. The van der Waals surface area contributed by atoms with E-state index in [9.17, 15) is 13.2 Å². The van der Waals surface area contributed by atoms with Crippen molar-refractivity contribution in [1.82, 2.24) is 0 Å². The van der Waals surface area contributed by atoms with Crippen LogP contribution < -0.4 is 25.0 Å². The molecule has 1 aliphatic rings. The molecule has 3 N–H and O–H groups in total. The fraction of sp³-hybridized carbons (Fsp3) is 0.135. The van der Waals surface area contributed by atoms with Gasteiger partial charge in [0.1, 0.15) is 11.5 Å². The van der Waals surface area contributed by atoms with E-state index in [0.717, 1.165) is 40.1 Å². The lowest BCUT2D eigenvalue weighted by Crippen LogP contribution is -2.49. The smallest absolute Gasteiger partial charge is 0.328 e.